The molecule has 142 valence electrons. The van der Waals surface area contributed by atoms with E-state index in [4.69, 9.17) is 4.52 Å². The lowest BCUT2D eigenvalue weighted by Gasteiger charge is -2.36. The van der Waals surface area contributed by atoms with Gasteiger partial charge in [0.1, 0.15) is 5.76 Å². The van der Waals surface area contributed by atoms with Gasteiger partial charge >= 0.3 is 0 Å². The zero-order chi connectivity index (χ0) is 18.3. The molecule has 0 aliphatic carbocycles. The topological polar surface area (TPSA) is 58.3 Å². The molecule has 2 aromatic rings. The quantitative estimate of drug-likeness (QED) is 0.799. The van der Waals surface area contributed by atoms with Crippen molar-refractivity contribution in [3.05, 3.63) is 27.6 Å². The Kier molecular flexibility index (Phi) is 5.12. The summed E-state index contributed by atoms with van der Waals surface area (Å²) in [7, 11) is 0. The van der Waals surface area contributed by atoms with Crippen LogP contribution in [0.3, 0.4) is 0 Å². The van der Waals surface area contributed by atoms with Gasteiger partial charge in [0.25, 0.3) is 0 Å². The average Bonchev–Trinajstić information content (AvgIpc) is 3.07. The Morgan fingerprint density at radius 3 is 2.73 bits per heavy atom. The van der Waals surface area contributed by atoms with Crippen LogP contribution in [0, 0.1) is 19.8 Å². The van der Waals surface area contributed by atoms with Gasteiger partial charge in [0.15, 0.2) is 0 Å². The van der Waals surface area contributed by atoms with E-state index in [1.807, 2.05) is 6.92 Å². The van der Waals surface area contributed by atoms with Gasteiger partial charge in [0.05, 0.1) is 16.3 Å². The standard InChI is InChI=1S/C19H29N5OS/c1-12(2)19-18(26-22-20-19)11-24-8-15-5-6-16(24)9-23(7-15)10-17-13(3)21-25-14(17)4/h12,15-16H,5-11H2,1-4H3/t15-,16+/m0/s1. The van der Waals surface area contributed by atoms with E-state index in [-0.39, 0.29) is 0 Å². The zero-order valence-corrected chi connectivity index (χ0v) is 17.1. The molecule has 26 heavy (non-hydrogen) atoms. The smallest absolute Gasteiger partial charge is 0.138 e. The first-order valence-electron chi connectivity index (χ1n) is 9.70. The van der Waals surface area contributed by atoms with E-state index in [9.17, 15) is 0 Å². The molecule has 5 rings (SSSR count). The molecule has 2 aromatic heterocycles. The molecule has 5 heterocycles. The Labute approximate surface area is 159 Å². The fraction of sp³-hybridized carbons (Fsp3) is 0.737. The molecule has 7 heteroatoms. The van der Waals surface area contributed by atoms with Crippen molar-refractivity contribution in [1.82, 2.24) is 24.5 Å². The van der Waals surface area contributed by atoms with Crippen molar-refractivity contribution in [1.29, 1.82) is 0 Å². The third kappa shape index (κ3) is 3.57. The Balaban J connectivity index is 1.47. The SMILES string of the molecule is Cc1noc(C)c1CN1C[C@@H]2CC[C@H](C1)N(Cc1snnc1C(C)C)C2. The molecule has 2 atom stereocenters. The van der Waals surface area contributed by atoms with Gasteiger partial charge in [-0.3, -0.25) is 9.80 Å². The van der Waals surface area contributed by atoms with Crippen LogP contribution in [-0.2, 0) is 13.1 Å². The van der Waals surface area contributed by atoms with Crippen LogP contribution >= 0.6 is 11.5 Å². The summed E-state index contributed by atoms with van der Waals surface area (Å²) < 4.78 is 9.58. The molecule has 3 aliphatic heterocycles. The van der Waals surface area contributed by atoms with Crippen molar-refractivity contribution in [2.75, 3.05) is 19.6 Å². The summed E-state index contributed by atoms with van der Waals surface area (Å²) in [5.74, 6) is 2.16. The summed E-state index contributed by atoms with van der Waals surface area (Å²) in [6, 6.07) is 0.622. The Morgan fingerprint density at radius 2 is 2.00 bits per heavy atom. The van der Waals surface area contributed by atoms with Gasteiger partial charge in [0, 0.05) is 44.3 Å². The normalized spacial score (nSPS) is 24.5. The highest BCUT2D eigenvalue weighted by atomic mass is 32.1. The minimum atomic E-state index is 0.448. The third-order valence-corrected chi connectivity index (χ3v) is 6.67. The molecule has 0 aromatic carbocycles. The summed E-state index contributed by atoms with van der Waals surface area (Å²) in [4.78, 5) is 6.65. The van der Waals surface area contributed by atoms with E-state index >= 15 is 0 Å². The van der Waals surface area contributed by atoms with Crippen LogP contribution in [-0.4, -0.2) is 50.2 Å². The summed E-state index contributed by atoms with van der Waals surface area (Å²) in [5, 5.41) is 8.49. The van der Waals surface area contributed by atoms with Crippen LogP contribution < -0.4 is 0 Å². The predicted octanol–water partition coefficient (Wildman–Crippen LogP) is 3.36. The number of aromatic nitrogens is 3. The van der Waals surface area contributed by atoms with Crippen LogP contribution in [0.4, 0.5) is 0 Å². The summed E-state index contributed by atoms with van der Waals surface area (Å²) in [6.45, 7) is 14.0. The highest BCUT2D eigenvalue weighted by molar-refractivity contribution is 7.05. The number of fused-ring (bicyclic) bond motifs is 4. The lowest BCUT2D eigenvalue weighted by molar-refractivity contribution is 0.124. The maximum absolute atomic E-state index is 5.36. The van der Waals surface area contributed by atoms with Crippen LogP contribution in [0.1, 0.15) is 60.2 Å². The molecule has 3 fully saturated rings. The number of aryl methyl sites for hydroxylation is 2. The fourth-order valence-electron chi connectivity index (χ4n) is 4.50. The van der Waals surface area contributed by atoms with E-state index in [1.165, 1.54) is 42.1 Å². The Bertz CT molecular complexity index is 735. The third-order valence-electron chi connectivity index (χ3n) is 5.94. The molecule has 0 unspecified atom stereocenters. The second-order valence-electron chi connectivity index (χ2n) is 8.26. The second kappa shape index (κ2) is 7.37. The van der Waals surface area contributed by atoms with Crippen molar-refractivity contribution in [2.45, 2.75) is 65.6 Å². The van der Waals surface area contributed by atoms with Crippen molar-refractivity contribution in [2.24, 2.45) is 5.92 Å². The van der Waals surface area contributed by atoms with Gasteiger partial charge in [-0.25, -0.2) is 0 Å². The molecule has 0 N–H and O–H groups in total. The Morgan fingerprint density at radius 1 is 1.15 bits per heavy atom. The highest BCUT2D eigenvalue weighted by Crippen LogP contribution is 2.32. The van der Waals surface area contributed by atoms with Gasteiger partial charge in [-0.1, -0.05) is 23.5 Å². The number of hydrogen-bond acceptors (Lipinski definition) is 7. The first-order chi connectivity index (χ1) is 12.5. The van der Waals surface area contributed by atoms with Gasteiger partial charge < -0.3 is 4.52 Å². The number of hydrogen-bond donors (Lipinski definition) is 0. The minimum Gasteiger partial charge on any atom is -0.361 e. The van der Waals surface area contributed by atoms with E-state index < -0.39 is 0 Å². The van der Waals surface area contributed by atoms with Crippen molar-refractivity contribution in [3.8, 4) is 0 Å². The van der Waals surface area contributed by atoms with Crippen molar-refractivity contribution < 1.29 is 4.52 Å². The number of nitrogens with zero attached hydrogens (tertiary/aromatic N) is 5. The van der Waals surface area contributed by atoms with Crippen molar-refractivity contribution in [3.63, 3.8) is 0 Å². The predicted molar refractivity (Wildman–Crippen MR) is 102 cm³/mol. The first-order valence-corrected chi connectivity index (χ1v) is 10.5. The maximum atomic E-state index is 5.36. The number of rotatable bonds is 5. The van der Waals surface area contributed by atoms with Crippen molar-refractivity contribution >= 4 is 11.5 Å². The van der Waals surface area contributed by atoms with Crippen LogP contribution in [0.2, 0.25) is 0 Å². The minimum absolute atomic E-state index is 0.448. The summed E-state index contributed by atoms with van der Waals surface area (Å²) in [5.41, 5.74) is 3.49. The molecule has 0 spiro atoms. The van der Waals surface area contributed by atoms with Crippen LogP contribution in [0.5, 0.6) is 0 Å². The molecule has 2 bridgehead atoms. The van der Waals surface area contributed by atoms with E-state index in [1.54, 1.807) is 11.5 Å². The van der Waals surface area contributed by atoms with Gasteiger partial charge in [0.2, 0.25) is 0 Å². The molecular formula is C19H29N5OS. The van der Waals surface area contributed by atoms with Gasteiger partial charge in [-0.2, -0.15) is 0 Å². The molecule has 0 saturated carbocycles. The lowest BCUT2D eigenvalue weighted by Crippen LogP contribution is -2.43. The van der Waals surface area contributed by atoms with Gasteiger partial charge in [-0.15, -0.1) is 5.10 Å². The van der Waals surface area contributed by atoms with Crippen LogP contribution in [0.15, 0.2) is 4.52 Å². The molecular weight excluding hydrogens is 346 g/mol. The Hall–Kier alpha value is -1.31. The molecule has 6 nitrogen and oxygen atoms in total. The molecule has 3 saturated heterocycles. The largest absolute Gasteiger partial charge is 0.361 e. The number of piperidine rings is 1. The fourth-order valence-corrected chi connectivity index (χ4v) is 5.32. The zero-order valence-electron chi connectivity index (χ0n) is 16.2. The highest BCUT2D eigenvalue weighted by Gasteiger charge is 2.35. The summed E-state index contributed by atoms with van der Waals surface area (Å²) in [6.07, 6.45) is 2.64. The average molecular weight is 376 g/mol. The molecule has 0 radical (unpaired) electrons. The maximum Gasteiger partial charge on any atom is 0.138 e. The second-order valence-corrected chi connectivity index (χ2v) is 9.10. The lowest BCUT2D eigenvalue weighted by atomic mass is 9.95. The first kappa shape index (κ1) is 18.1. The summed E-state index contributed by atoms with van der Waals surface area (Å²) >= 11 is 1.58. The molecule has 3 aliphatic rings. The molecule has 0 amide bonds. The van der Waals surface area contributed by atoms with E-state index in [0.717, 1.165) is 37.0 Å². The van der Waals surface area contributed by atoms with E-state index in [0.29, 0.717) is 12.0 Å². The van der Waals surface area contributed by atoms with Gasteiger partial charge in [-0.05, 0) is 50.1 Å². The monoisotopic (exact) mass is 375 g/mol. The van der Waals surface area contributed by atoms with E-state index in [2.05, 4.69) is 45.3 Å². The van der Waals surface area contributed by atoms with Crippen LogP contribution in [0.25, 0.3) is 0 Å².